The van der Waals surface area contributed by atoms with Gasteiger partial charge in [-0.15, -0.1) is 0 Å². The summed E-state index contributed by atoms with van der Waals surface area (Å²) in [6.07, 6.45) is 5.76. The maximum atomic E-state index is 6.69. The van der Waals surface area contributed by atoms with Crippen molar-refractivity contribution in [1.82, 2.24) is 4.57 Å². The summed E-state index contributed by atoms with van der Waals surface area (Å²) in [5.74, 6) is 0. The minimum Gasteiger partial charge on any atom is -0.454 e. The zero-order valence-corrected chi connectivity index (χ0v) is 34.6. The molecule has 1 unspecified atom stereocenters. The van der Waals surface area contributed by atoms with E-state index in [2.05, 4.69) is 223 Å². The van der Waals surface area contributed by atoms with Crippen LogP contribution < -0.4 is 10.1 Å². The first-order valence-corrected chi connectivity index (χ1v) is 24.1. The van der Waals surface area contributed by atoms with Gasteiger partial charge >= 0.3 is 0 Å². The molecule has 12 rings (SSSR count). The summed E-state index contributed by atoms with van der Waals surface area (Å²) in [7, 11) is -1.77. The van der Waals surface area contributed by atoms with Crippen LogP contribution >= 0.6 is 0 Å². The molecule has 1 aliphatic carbocycles. The van der Waals surface area contributed by atoms with Crippen molar-refractivity contribution in [3.8, 4) is 27.9 Å². The van der Waals surface area contributed by atoms with Crippen LogP contribution in [-0.4, -0.2) is 12.6 Å². The van der Waals surface area contributed by atoms with Crippen LogP contribution in [0.4, 0.5) is 11.4 Å². The molecule has 0 saturated heterocycles. The van der Waals surface area contributed by atoms with Crippen LogP contribution in [0.15, 0.2) is 210 Å². The fraction of sp³-hybridized carbons (Fsp3) is 0.0714. The van der Waals surface area contributed by atoms with E-state index >= 15 is 0 Å². The summed E-state index contributed by atoms with van der Waals surface area (Å²) in [6.45, 7) is 5.10. The van der Waals surface area contributed by atoms with Crippen molar-refractivity contribution < 1.29 is 4.42 Å². The number of furan rings is 1. The summed E-state index contributed by atoms with van der Waals surface area (Å²) >= 11 is 0. The molecule has 60 heavy (non-hydrogen) atoms. The smallest absolute Gasteiger partial charge is 0.159 e. The number of nitrogens with zero attached hydrogens (tertiary/aromatic N) is 2. The second-order valence-electron chi connectivity index (χ2n) is 16.9. The Kier molecular flexibility index (Phi) is 7.81. The van der Waals surface area contributed by atoms with E-state index in [-0.39, 0.29) is 0 Å². The van der Waals surface area contributed by atoms with E-state index in [1.807, 2.05) is 0 Å². The van der Waals surface area contributed by atoms with Gasteiger partial charge in [-0.25, -0.2) is 0 Å². The van der Waals surface area contributed by atoms with Crippen molar-refractivity contribution in [3.05, 3.63) is 211 Å². The third-order valence-corrected chi connectivity index (χ3v) is 17.4. The normalized spacial score (nSPS) is 15.6. The second kappa shape index (κ2) is 13.5. The van der Waals surface area contributed by atoms with E-state index in [0.29, 0.717) is 5.54 Å². The Bertz CT molecular complexity index is 3370. The Morgan fingerprint density at radius 1 is 0.533 bits per heavy atom. The summed E-state index contributed by atoms with van der Waals surface area (Å²) in [5, 5.41) is 6.39. The lowest BCUT2D eigenvalue weighted by Gasteiger charge is -2.35. The van der Waals surface area contributed by atoms with E-state index < -0.39 is 8.07 Å². The molecule has 3 nitrogen and oxygen atoms in total. The molecule has 0 saturated carbocycles. The number of para-hydroxylation sites is 4. The van der Waals surface area contributed by atoms with Crippen LogP contribution in [0.3, 0.4) is 0 Å². The lowest BCUT2D eigenvalue weighted by atomic mass is 9.94. The van der Waals surface area contributed by atoms with E-state index in [1.165, 1.54) is 66.6 Å². The van der Waals surface area contributed by atoms with E-state index in [1.54, 1.807) is 5.19 Å². The Morgan fingerprint density at radius 3 is 1.98 bits per heavy atom. The van der Waals surface area contributed by atoms with E-state index in [9.17, 15) is 0 Å². The van der Waals surface area contributed by atoms with Gasteiger partial charge in [0.1, 0.15) is 5.58 Å². The number of allylic oxidation sites excluding steroid dienone is 4. The lowest BCUT2D eigenvalue weighted by molar-refractivity contribution is 0.668. The number of rotatable bonds is 6. The molecule has 0 bridgehead atoms. The molecule has 3 heterocycles. The number of anilines is 2. The van der Waals surface area contributed by atoms with Gasteiger partial charge in [-0.3, -0.25) is 0 Å². The highest BCUT2D eigenvalue weighted by molar-refractivity contribution is 6.94. The number of hydrogen-bond donors (Lipinski definition) is 0. The quantitative estimate of drug-likeness (QED) is 0.157. The summed E-state index contributed by atoms with van der Waals surface area (Å²) < 4.78 is 9.05. The van der Waals surface area contributed by atoms with Gasteiger partial charge in [0.05, 0.1) is 24.8 Å². The molecular formula is C56H42N2OSi. The topological polar surface area (TPSA) is 21.3 Å². The molecule has 0 amide bonds. The van der Waals surface area contributed by atoms with Crippen LogP contribution in [-0.2, 0) is 0 Å². The first kappa shape index (κ1) is 34.9. The van der Waals surface area contributed by atoms with Crippen LogP contribution in [0.2, 0.25) is 18.6 Å². The molecule has 2 aromatic heterocycles. The fourth-order valence-electron chi connectivity index (χ4n) is 10.3. The first-order valence-electron chi connectivity index (χ1n) is 21.0. The third kappa shape index (κ3) is 5.34. The predicted molar refractivity (Wildman–Crippen MR) is 255 cm³/mol. The number of aromatic nitrogens is 1. The fourth-order valence-corrected chi connectivity index (χ4v) is 13.9. The van der Waals surface area contributed by atoms with Gasteiger partial charge in [-0.2, -0.15) is 0 Å². The molecule has 1 aliphatic heterocycles. The Labute approximate surface area is 350 Å². The minimum atomic E-state index is -1.77. The minimum absolute atomic E-state index is 0.508. The van der Waals surface area contributed by atoms with E-state index in [4.69, 9.17) is 4.42 Å². The lowest BCUT2D eigenvalue weighted by Crippen LogP contribution is -2.42. The van der Waals surface area contributed by atoms with Gasteiger partial charge in [-0.1, -0.05) is 158 Å². The largest absolute Gasteiger partial charge is 0.454 e. The molecule has 286 valence electrons. The molecule has 1 atom stereocenters. The van der Waals surface area contributed by atoms with Crippen LogP contribution in [0.1, 0.15) is 12.0 Å². The third-order valence-electron chi connectivity index (χ3n) is 13.3. The van der Waals surface area contributed by atoms with Crippen molar-refractivity contribution in [2.45, 2.75) is 25.1 Å². The highest BCUT2D eigenvalue weighted by Crippen LogP contribution is 2.51. The predicted octanol–water partition coefficient (Wildman–Crippen LogP) is 14.8. The molecule has 10 aromatic rings. The molecular weight excluding hydrogens is 745 g/mol. The standard InChI is InChI=1S/C56H42N2OSi/c1-60(2)54-22-11-8-17-46(54)47-33-32-43(36-55(47)60)57(52-20-12-18-48-45-16-7-10-21-53(45)59-56(48)52)42-30-27-38(28-31-42)37-23-25-39(26-24-37)40-29-34-51-49(35-40)44-15-6-9-19-50(44)58(51)41-13-4-3-5-14-41/h3-35,55H,36H2,1-2H3. The van der Waals surface area contributed by atoms with Gasteiger partial charge in [0, 0.05) is 38.6 Å². The average molecular weight is 787 g/mol. The number of fused-ring (bicyclic) bond motifs is 9. The molecule has 0 fully saturated rings. The van der Waals surface area contributed by atoms with E-state index in [0.717, 1.165) is 39.7 Å². The average Bonchev–Trinajstić information content (AvgIpc) is 3.93. The second-order valence-corrected chi connectivity index (χ2v) is 21.6. The van der Waals surface area contributed by atoms with Crippen LogP contribution in [0.5, 0.6) is 0 Å². The monoisotopic (exact) mass is 786 g/mol. The highest BCUT2D eigenvalue weighted by atomic mass is 28.3. The number of benzene rings is 8. The molecule has 8 aromatic carbocycles. The van der Waals surface area contributed by atoms with Crippen molar-refractivity contribution in [3.63, 3.8) is 0 Å². The van der Waals surface area contributed by atoms with Crippen LogP contribution in [0, 0.1) is 0 Å². The summed E-state index contributed by atoms with van der Waals surface area (Å²) in [5.41, 5.74) is 17.2. The molecule has 0 N–H and O–H groups in total. The Balaban J connectivity index is 0.910. The zero-order chi connectivity index (χ0) is 40.0. The van der Waals surface area contributed by atoms with Gasteiger partial charge in [-0.05, 0) is 106 Å². The molecule has 2 aliphatic rings. The zero-order valence-electron chi connectivity index (χ0n) is 33.6. The summed E-state index contributed by atoms with van der Waals surface area (Å²) in [4.78, 5) is 2.46. The van der Waals surface area contributed by atoms with Crippen LogP contribution in [0.25, 0.3) is 77.3 Å². The van der Waals surface area contributed by atoms with Gasteiger partial charge in [0.25, 0.3) is 0 Å². The van der Waals surface area contributed by atoms with Crippen molar-refractivity contribution in [2.75, 3.05) is 4.90 Å². The maximum Gasteiger partial charge on any atom is 0.159 e. The maximum absolute atomic E-state index is 6.69. The Morgan fingerprint density at radius 2 is 1.17 bits per heavy atom. The number of hydrogen-bond acceptors (Lipinski definition) is 2. The van der Waals surface area contributed by atoms with Gasteiger partial charge in [0.15, 0.2) is 5.58 Å². The van der Waals surface area contributed by atoms with Gasteiger partial charge in [0.2, 0.25) is 0 Å². The SMILES string of the molecule is C[Si]1(C)c2ccccc2C2=CC=C(N(c3ccc(-c4ccc(-c5ccc6c(c5)c5ccccc5n6-c5ccccc5)cc4)cc3)c3cccc4c3oc3ccccc34)CC21. The Hall–Kier alpha value is -7.14. The molecule has 0 spiro atoms. The summed E-state index contributed by atoms with van der Waals surface area (Å²) in [6, 6.07) is 68.5. The first-order chi connectivity index (χ1) is 29.5. The molecule has 4 heteroatoms. The highest BCUT2D eigenvalue weighted by Gasteiger charge is 2.46. The van der Waals surface area contributed by atoms with Gasteiger partial charge < -0.3 is 13.9 Å². The van der Waals surface area contributed by atoms with Crippen molar-refractivity contribution in [2.24, 2.45) is 0 Å². The molecule has 0 radical (unpaired) electrons. The van der Waals surface area contributed by atoms with Crippen molar-refractivity contribution in [1.29, 1.82) is 0 Å². The van der Waals surface area contributed by atoms with Crippen molar-refractivity contribution >= 4 is 74.0 Å².